The predicted molar refractivity (Wildman–Crippen MR) is 150 cm³/mol. The molecule has 2 heterocycles. The van der Waals surface area contributed by atoms with Gasteiger partial charge in [-0.3, -0.25) is 9.69 Å². The molecule has 0 fully saturated rings. The number of furan rings is 1. The SMILES string of the molecule is Cc1ccc(Cl)c2sc(N(Cc3ccco3)C(=O)c3ccc(S(=O)(=O)N(C)Cc4ccccc4)cc3)nc12. The molecule has 1 amide bonds. The number of nitrogens with zero attached hydrogens (tertiary/aromatic N) is 3. The minimum atomic E-state index is -3.75. The molecule has 38 heavy (non-hydrogen) atoms. The third-order valence-corrected chi connectivity index (χ3v) is 9.47. The second-order valence-corrected chi connectivity index (χ2v) is 12.2. The van der Waals surface area contributed by atoms with Gasteiger partial charge in [0, 0.05) is 19.2 Å². The van der Waals surface area contributed by atoms with Crippen LogP contribution >= 0.6 is 22.9 Å². The van der Waals surface area contributed by atoms with E-state index in [-0.39, 0.29) is 23.9 Å². The number of hydrogen-bond donors (Lipinski definition) is 0. The van der Waals surface area contributed by atoms with Crippen molar-refractivity contribution >= 4 is 54.2 Å². The van der Waals surface area contributed by atoms with Crippen LogP contribution in [0.1, 0.15) is 27.2 Å². The van der Waals surface area contributed by atoms with Crippen LogP contribution in [0, 0.1) is 6.92 Å². The van der Waals surface area contributed by atoms with Crippen molar-refractivity contribution < 1.29 is 17.6 Å². The van der Waals surface area contributed by atoms with Gasteiger partial charge in [-0.15, -0.1) is 0 Å². The van der Waals surface area contributed by atoms with Crippen LogP contribution in [-0.4, -0.2) is 30.7 Å². The number of fused-ring (bicyclic) bond motifs is 1. The molecule has 2 aromatic heterocycles. The molecule has 0 atom stereocenters. The van der Waals surface area contributed by atoms with Gasteiger partial charge in [0.25, 0.3) is 5.91 Å². The molecule has 0 aliphatic rings. The highest BCUT2D eigenvalue weighted by Crippen LogP contribution is 2.36. The largest absolute Gasteiger partial charge is 0.467 e. The predicted octanol–water partition coefficient (Wildman–Crippen LogP) is 6.52. The van der Waals surface area contributed by atoms with Gasteiger partial charge in [0.2, 0.25) is 10.0 Å². The summed E-state index contributed by atoms with van der Waals surface area (Å²) >= 11 is 7.73. The van der Waals surface area contributed by atoms with Gasteiger partial charge in [0.05, 0.1) is 32.9 Å². The number of rotatable bonds is 8. The summed E-state index contributed by atoms with van der Waals surface area (Å²) in [6.07, 6.45) is 1.54. The number of aromatic nitrogens is 1. The van der Waals surface area contributed by atoms with Crippen LogP contribution in [0.2, 0.25) is 5.02 Å². The van der Waals surface area contributed by atoms with E-state index < -0.39 is 10.0 Å². The number of carbonyl (C=O) groups is 1. The third kappa shape index (κ3) is 5.23. The number of sulfonamides is 1. The van der Waals surface area contributed by atoms with E-state index >= 15 is 0 Å². The molecule has 0 N–H and O–H groups in total. The molecule has 0 saturated carbocycles. The number of benzene rings is 3. The molecule has 194 valence electrons. The van der Waals surface area contributed by atoms with E-state index in [0.29, 0.717) is 21.5 Å². The summed E-state index contributed by atoms with van der Waals surface area (Å²) in [4.78, 5) is 20.0. The maximum atomic E-state index is 13.7. The normalized spacial score (nSPS) is 11.8. The summed E-state index contributed by atoms with van der Waals surface area (Å²) in [5.74, 6) is 0.248. The Morgan fingerprint density at radius 2 is 1.71 bits per heavy atom. The maximum absolute atomic E-state index is 13.7. The minimum Gasteiger partial charge on any atom is -0.467 e. The summed E-state index contributed by atoms with van der Waals surface area (Å²) in [5.41, 5.74) is 2.89. The Morgan fingerprint density at radius 1 is 0.974 bits per heavy atom. The van der Waals surface area contributed by atoms with E-state index in [2.05, 4.69) is 0 Å². The third-order valence-electron chi connectivity index (χ3n) is 6.11. The maximum Gasteiger partial charge on any atom is 0.260 e. The van der Waals surface area contributed by atoms with Gasteiger partial charge in [-0.05, 0) is 60.5 Å². The number of anilines is 1. The number of halogens is 1. The van der Waals surface area contributed by atoms with Crippen molar-refractivity contribution in [2.75, 3.05) is 11.9 Å². The molecular formula is C28H24ClN3O4S2. The number of carbonyl (C=O) groups excluding carboxylic acids is 1. The van der Waals surface area contributed by atoms with E-state index in [1.807, 2.05) is 49.4 Å². The lowest BCUT2D eigenvalue weighted by molar-refractivity contribution is 0.0983. The number of hydrogen-bond acceptors (Lipinski definition) is 6. The van der Waals surface area contributed by atoms with Crippen molar-refractivity contribution in [1.29, 1.82) is 0 Å². The molecule has 0 spiro atoms. The van der Waals surface area contributed by atoms with Gasteiger partial charge in [0.1, 0.15) is 5.76 Å². The lowest BCUT2D eigenvalue weighted by Crippen LogP contribution is -2.30. The fourth-order valence-corrected chi connectivity index (χ4v) is 6.49. The van der Waals surface area contributed by atoms with Crippen molar-refractivity contribution in [3.8, 4) is 0 Å². The first-order valence-electron chi connectivity index (χ1n) is 11.7. The second kappa shape index (κ2) is 10.7. The molecule has 0 bridgehead atoms. The van der Waals surface area contributed by atoms with Crippen LogP contribution in [0.3, 0.4) is 0 Å². The molecule has 7 nitrogen and oxygen atoms in total. The standard InChI is InChI=1S/C28H24ClN3O4S2/c1-19-10-15-24(29)26-25(19)30-28(37-26)32(18-22-9-6-16-36-22)27(33)21-11-13-23(14-12-21)38(34,35)31(2)17-20-7-4-3-5-8-20/h3-16H,17-18H2,1-2H3. The molecule has 0 saturated heterocycles. The Balaban J connectivity index is 1.44. The number of thiazole rings is 1. The highest BCUT2D eigenvalue weighted by Gasteiger charge is 2.26. The zero-order chi connectivity index (χ0) is 26.9. The van der Waals surface area contributed by atoms with Crippen LogP contribution in [0.4, 0.5) is 5.13 Å². The van der Waals surface area contributed by atoms with Crippen molar-refractivity contribution in [3.05, 3.63) is 113 Å². The first kappa shape index (κ1) is 26.1. The van der Waals surface area contributed by atoms with Gasteiger partial charge >= 0.3 is 0 Å². The van der Waals surface area contributed by atoms with E-state index in [0.717, 1.165) is 21.3 Å². The summed E-state index contributed by atoms with van der Waals surface area (Å²) in [5, 5.41) is 1.03. The van der Waals surface area contributed by atoms with E-state index in [9.17, 15) is 13.2 Å². The van der Waals surface area contributed by atoms with Crippen LogP contribution in [0.5, 0.6) is 0 Å². The summed E-state index contributed by atoms with van der Waals surface area (Å²) in [7, 11) is -2.22. The van der Waals surface area contributed by atoms with E-state index in [1.165, 1.54) is 51.9 Å². The van der Waals surface area contributed by atoms with Gasteiger partial charge in [-0.2, -0.15) is 4.31 Å². The van der Waals surface area contributed by atoms with Crippen LogP contribution < -0.4 is 4.90 Å². The number of aryl methyl sites for hydroxylation is 1. The molecule has 0 aliphatic carbocycles. The Labute approximate surface area is 230 Å². The lowest BCUT2D eigenvalue weighted by atomic mass is 10.2. The highest BCUT2D eigenvalue weighted by atomic mass is 35.5. The zero-order valence-electron chi connectivity index (χ0n) is 20.7. The smallest absolute Gasteiger partial charge is 0.260 e. The monoisotopic (exact) mass is 565 g/mol. The van der Waals surface area contributed by atoms with Crippen LogP contribution in [0.15, 0.2) is 94.4 Å². The first-order valence-corrected chi connectivity index (χ1v) is 14.4. The van der Waals surface area contributed by atoms with Crippen LogP contribution in [-0.2, 0) is 23.1 Å². The molecule has 0 aliphatic heterocycles. The summed E-state index contributed by atoms with van der Waals surface area (Å²) < 4.78 is 33.9. The Morgan fingerprint density at radius 3 is 2.37 bits per heavy atom. The molecular weight excluding hydrogens is 542 g/mol. The van der Waals surface area contributed by atoms with Crippen molar-refractivity contribution in [3.63, 3.8) is 0 Å². The fourth-order valence-electron chi connectivity index (χ4n) is 4.02. The average Bonchev–Trinajstić information content (AvgIpc) is 3.61. The van der Waals surface area contributed by atoms with E-state index in [4.69, 9.17) is 21.0 Å². The second-order valence-electron chi connectivity index (χ2n) is 8.78. The van der Waals surface area contributed by atoms with Gasteiger partial charge in [0.15, 0.2) is 5.13 Å². The van der Waals surface area contributed by atoms with Crippen molar-refractivity contribution in [2.24, 2.45) is 0 Å². The highest BCUT2D eigenvalue weighted by molar-refractivity contribution is 7.89. The average molecular weight is 566 g/mol. The molecule has 10 heteroatoms. The molecule has 5 rings (SSSR count). The first-order chi connectivity index (χ1) is 18.2. The van der Waals surface area contributed by atoms with Crippen LogP contribution in [0.25, 0.3) is 10.2 Å². The summed E-state index contributed by atoms with van der Waals surface area (Å²) in [6, 6.07) is 22.5. The fraction of sp³-hybridized carbons (Fsp3) is 0.143. The number of amides is 1. The summed E-state index contributed by atoms with van der Waals surface area (Å²) in [6.45, 7) is 2.33. The van der Waals surface area contributed by atoms with Crippen molar-refractivity contribution in [2.45, 2.75) is 24.9 Å². The van der Waals surface area contributed by atoms with Crippen molar-refractivity contribution in [1.82, 2.24) is 9.29 Å². The van der Waals surface area contributed by atoms with Gasteiger partial charge in [-0.25, -0.2) is 13.4 Å². The van der Waals surface area contributed by atoms with Gasteiger partial charge < -0.3 is 4.42 Å². The molecule has 0 unspecified atom stereocenters. The van der Waals surface area contributed by atoms with Gasteiger partial charge in [-0.1, -0.05) is 59.3 Å². The molecule has 0 radical (unpaired) electrons. The van der Waals surface area contributed by atoms with E-state index in [1.54, 1.807) is 18.4 Å². The quantitative estimate of drug-likeness (QED) is 0.214. The molecule has 3 aromatic carbocycles. The Hall–Kier alpha value is -3.50. The molecule has 5 aromatic rings. The Kier molecular flexibility index (Phi) is 7.36. The Bertz CT molecular complexity index is 1640. The zero-order valence-corrected chi connectivity index (χ0v) is 23.1. The topological polar surface area (TPSA) is 83.7 Å². The minimum absolute atomic E-state index is 0.104. The lowest BCUT2D eigenvalue weighted by Gasteiger charge is -2.20.